The fourth-order valence-corrected chi connectivity index (χ4v) is 3.17. The van der Waals surface area contributed by atoms with Crippen molar-refractivity contribution >= 4 is 5.91 Å². The number of ether oxygens (including phenoxy) is 1. The first-order valence-electron chi connectivity index (χ1n) is 8.84. The largest absolute Gasteiger partial charge is 0.497 e. The summed E-state index contributed by atoms with van der Waals surface area (Å²) in [6.07, 6.45) is 4.64. The molecule has 0 radical (unpaired) electrons. The fourth-order valence-electron chi connectivity index (χ4n) is 3.17. The number of amides is 1. The number of carbonyl (C=O) groups excluding carboxylic acids is 1. The summed E-state index contributed by atoms with van der Waals surface area (Å²) in [6.45, 7) is 0.0805. The fraction of sp³-hybridized carbons (Fsp3) is 0.500. The Morgan fingerprint density at radius 1 is 1.42 bits per heavy atom. The Kier molecular flexibility index (Phi) is 5.85. The van der Waals surface area contributed by atoms with Gasteiger partial charge >= 0.3 is 0 Å². The molecular weight excluding hydrogens is 334 g/mol. The average Bonchev–Trinajstić information content (AvgIpc) is 3.16. The van der Waals surface area contributed by atoms with Crippen molar-refractivity contribution in [1.82, 2.24) is 20.3 Å². The van der Waals surface area contributed by atoms with Crippen LogP contribution < -0.4 is 15.8 Å². The lowest BCUT2D eigenvalue weighted by Crippen LogP contribution is -2.29. The summed E-state index contributed by atoms with van der Waals surface area (Å²) < 4.78 is 6.89. The molecule has 140 valence electrons. The number of nitrogens with two attached hydrogens (primary N) is 1. The number of aromatic nitrogens is 3. The minimum atomic E-state index is -0.830. The molecule has 3 rings (SSSR count). The van der Waals surface area contributed by atoms with E-state index in [1.54, 1.807) is 42.3 Å². The van der Waals surface area contributed by atoms with Crippen LogP contribution in [0.4, 0.5) is 0 Å². The minimum Gasteiger partial charge on any atom is -0.497 e. The maximum atomic E-state index is 12.3. The van der Waals surface area contributed by atoms with Crippen LogP contribution >= 0.6 is 0 Å². The molecule has 1 amide bonds. The first-order chi connectivity index (χ1) is 12.6. The van der Waals surface area contributed by atoms with Crippen molar-refractivity contribution in [3.8, 4) is 5.75 Å². The summed E-state index contributed by atoms with van der Waals surface area (Å²) in [5.41, 5.74) is 6.84. The molecule has 0 saturated heterocycles. The molecule has 0 bridgehead atoms. The molecule has 1 aromatic carbocycles. The Morgan fingerprint density at radius 3 is 2.92 bits per heavy atom. The van der Waals surface area contributed by atoms with E-state index in [9.17, 15) is 9.90 Å². The molecule has 0 unspecified atom stereocenters. The number of rotatable bonds is 6. The number of carbonyl (C=O) groups is 1. The Morgan fingerprint density at radius 2 is 2.19 bits per heavy atom. The molecule has 0 aliphatic heterocycles. The van der Waals surface area contributed by atoms with E-state index in [2.05, 4.69) is 15.6 Å². The molecule has 2 aromatic rings. The van der Waals surface area contributed by atoms with Crippen LogP contribution in [0.1, 0.15) is 53.9 Å². The van der Waals surface area contributed by atoms with Gasteiger partial charge in [-0.05, 0) is 43.4 Å². The van der Waals surface area contributed by atoms with E-state index >= 15 is 0 Å². The molecule has 1 heterocycles. The number of benzene rings is 1. The van der Waals surface area contributed by atoms with Crippen molar-refractivity contribution in [1.29, 1.82) is 0 Å². The molecule has 8 nitrogen and oxygen atoms in total. The Bertz CT molecular complexity index is 740. The number of aliphatic hydroxyl groups excluding tert-OH is 1. The standard InChI is InChI=1S/C18H25N5O3/c1-26-15-4-2-3-12(9-15)17(24)10-20-18(25)16-11-23(22-21-16)14-7-5-13(19)6-8-14/h2-4,9,11,13-14,17,24H,5-8,10,19H2,1H3,(H,20,25)/t13?,14?,17-/m1/s1. The SMILES string of the molecule is COc1cccc([C@H](O)CNC(=O)c2cn(C3CCC(N)CC3)nn2)c1. The molecule has 4 N–H and O–H groups in total. The van der Waals surface area contributed by atoms with E-state index in [-0.39, 0.29) is 30.2 Å². The number of nitrogens with one attached hydrogen (secondary N) is 1. The number of hydrogen-bond donors (Lipinski definition) is 3. The average molecular weight is 359 g/mol. The van der Waals surface area contributed by atoms with Gasteiger partial charge in [0.2, 0.25) is 0 Å². The molecular formula is C18H25N5O3. The first-order valence-corrected chi connectivity index (χ1v) is 8.84. The summed E-state index contributed by atoms with van der Waals surface area (Å²) in [6, 6.07) is 7.61. The highest BCUT2D eigenvalue weighted by Crippen LogP contribution is 2.26. The van der Waals surface area contributed by atoms with Crippen molar-refractivity contribution in [3.63, 3.8) is 0 Å². The lowest BCUT2D eigenvalue weighted by atomic mass is 9.92. The highest BCUT2D eigenvalue weighted by Gasteiger charge is 2.22. The van der Waals surface area contributed by atoms with E-state index in [0.717, 1.165) is 25.7 Å². The Hall–Kier alpha value is -2.45. The quantitative estimate of drug-likeness (QED) is 0.714. The Balaban J connectivity index is 1.55. The summed E-state index contributed by atoms with van der Waals surface area (Å²) in [4.78, 5) is 12.3. The second kappa shape index (κ2) is 8.29. The topological polar surface area (TPSA) is 115 Å². The maximum Gasteiger partial charge on any atom is 0.273 e. The summed E-state index contributed by atoms with van der Waals surface area (Å²) in [5.74, 6) is 0.300. The molecule has 1 fully saturated rings. The van der Waals surface area contributed by atoms with Crippen LogP contribution in [0.5, 0.6) is 5.75 Å². The zero-order valence-electron chi connectivity index (χ0n) is 14.8. The lowest BCUT2D eigenvalue weighted by molar-refractivity contribution is 0.0911. The third-order valence-electron chi connectivity index (χ3n) is 4.79. The molecule has 1 aliphatic rings. The number of methoxy groups -OCH3 is 1. The molecule has 1 aromatic heterocycles. The smallest absolute Gasteiger partial charge is 0.273 e. The van der Waals surface area contributed by atoms with Gasteiger partial charge in [-0.25, -0.2) is 4.68 Å². The van der Waals surface area contributed by atoms with Crippen LogP contribution in [0.3, 0.4) is 0 Å². The minimum absolute atomic E-state index is 0.0805. The van der Waals surface area contributed by atoms with Gasteiger partial charge in [-0.3, -0.25) is 4.79 Å². The summed E-state index contributed by atoms with van der Waals surface area (Å²) >= 11 is 0. The van der Waals surface area contributed by atoms with E-state index in [1.807, 2.05) is 0 Å². The third kappa shape index (κ3) is 4.39. The number of aliphatic hydroxyl groups is 1. The monoisotopic (exact) mass is 359 g/mol. The van der Waals surface area contributed by atoms with Crippen LogP contribution in [-0.2, 0) is 0 Å². The van der Waals surface area contributed by atoms with Crippen molar-refractivity contribution in [2.75, 3.05) is 13.7 Å². The maximum absolute atomic E-state index is 12.3. The predicted molar refractivity (Wildman–Crippen MR) is 95.8 cm³/mol. The number of hydrogen-bond acceptors (Lipinski definition) is 6. The highest BCUT2D eigenvalue weighted by atomic mass is 16.5. The van der Waals surface area contributed by atoms with Gasteiger partial charge in [0.15, 0.2) is 5.69 Å². The molecule has 0 spiro atoms. The second-order valence-corrected chi connectivity index (χ2v) is 6.65. The van der Waals surface area contributed by atoms with Crippen molar-refractivity contribution in [2.45, 2.75) is 43.9 Å². The van der Waals surface area contributed by atoms with Crippen LogP contribution in [0.25, 0.3) is 0 Å². The second-order valence-electron chi connectivity index (χ2n) is 6.65. The van der Waals surface area contributed by atoms with Crippen LogP contribution in [0, 0.1) is 0 Å². The summed E-state index contributed by atoms with van der Waals surface area (Å²) in [5, 5.41) is 21.0. The molecule has 1 atom stereocenters. The highest BCUT2D eigenvalue weighted by molar-refractivity contribution is 5.91. The lowest BCUT2D eigenvalue weighted by Gasteiger charge is -2.25. The summed E-state index contributed by atoms with van der Waals surface area (Å²) in [7, 11) is 1.57. The zero-order valence-corrected chi connectivity index (χ0v) is 14.8. The predicted octanol–water partition coefficient (Wildman–Crippen LogP) is 1.19. The van der Waals surface area contributed by atoms with Gasteiger partial charge in [0.05, 0.1) is 25.5 Å². The van der Waals surface area contributed by atoms with Crippen molar-refractivity contribution in [2.24, 2.45) is 5.73 Å². The van der Waals surface area contributed by atoms with Gasteiger partial charge in [-0.2, -0.15) is 0 Å². The van der Waals surface area contributed by atoms with E-state index in [1.165, 1.54) is 0 Å². The molecule has 8 heteroatoms. The van der Waals surface area contributed by atoms with Gasteiger partial charge < -0.3 is 20.9 Å². The van der Waals surface area contributed by atoms with Crippen molar-refractivity contribution in [3.05, 3.63) is 41.7 Å². The van der Waals surface area contributed by atoms with Gasteiger partial charge in [-0.1, -0.05) is 17.3 Å². The van der Waals surface area contributed by atoms with E-state index in [4.69, 9.17) is 10.5 Å². The van der Waals surface area contributed by atoms with E-state index in [0.29, 0.717) is 11.3 Å². The number of nitrogens with zero attached hydrogens (tertiary/aromatic N) is 3. The van der Waals surface area contributed by atoms with Crippen molar-refractivity contribution < 1.29 is 14.6 Å². The van der Waals surface area contributed by atoms with E-state index < -0.39 is 6.10 Å². The van der Waals surface area contributed by atoms with Gasteiger partial charge in [0.1, 0.15) is 5.75 Å². The van der Waals surface area contributed by atoms with Crippen LogP contribution in [-0.4, -0.2) is 45.7 Å². The molecule has 1 saturated carbocycles. The van der Waals surface area contributed by atoms with Gasteiger partial charge in [0.25, 0.3) is 5.91 Å². The van der Waals surface area contributed by atoms with Crippen LogP contribution in [0.2, 0.25) is 0 Å². The zero-order chi connectivity index (χ0) is 18.5. The molecule has 26 heavy (non-hydrogen) atoms. The third-order valence-corrected chi connectivity index (χ3v) is 4.79. The first kappa shape index (κ1) is 18.3. The molecule has 1 aliphatic carbocycles. The van der Waals surface area contributed by atoms with Gasteiger partial charge in [-0.15, -0.1) is 5.10 Å². The normalized spacial score (nSPS) is 21.2. The van der Waals surface area contributed by atoms with Crippen LogP contribution in [0.15, 0.2) is 30.5 Å². The van der Waals surface area contributed by atoms with Gasteiger partial charge in [0, 0.05) is 12.6 Å². The Labute approximate surface area is 152 Å².